The minimum Gasteiger partial charge on any atom is -0.475 e. The van der Waals surface area contributed by atoms with Crippen LogP contribution in [-0.2, 0) is 4.74 Å². The molecule has 21 heavy (non-hydrogen) atoms. The maximum Gasteiger partial charge on any atom is 0.226 e. The molecule has 0 unspecified atom stereocenters. The number of ether oxygens (including phenoxy) is 2. The average Bonchev–Trinajstić information content (AvgIpc) is 2.43. The summed E-state index contributed by atoms with van der Waals surface area (Å²) in [6.45, 7) is 11.7. The third kappa shape index (κ3) is 5.85. The summed E-state index contributed by atoms with van der Waals surface area (Å²) in [5.74, 6) is 1.28. The molecule has 0 amide bonds. The van der Waals surface area contributed by atoms with Crippen molar-refractivity contribution in [3.8, 4) is 5.88 Å². The van der Waals surface area contributed by atoms with E-state index in [9.17, 15) is 0 Å². The minimum atomic E-state index is 0.119. The molecule has 0 aromatic carbocycles. The number of morpholine rings is 1. The summed E-state index contributed by atoms with van der Waals surface area (Å²) in [5, 5.41) is 3.28. The van der Waals surface area contributed by atoms with Crippen LogP contribution < -0.4 is 10.1 Å². The Bertz CT molecular complexity index is 434. The van der Waals surface area contributed by atoms with Crippen LogP contribution in [0.15, 0.2) is 6.07 Å². The summed E-state index contributed by atoms with van der Waals surface area (Å²) < 4.78 is 11.0. The Morgan fingerprint density at radius 3 is 2.81 bits per heavy atom. The number of aromatic nitrogens is 2. The molecule has 0 atom stereocenters. The normalized spacial score (nSPS) is 16.2. The Kier molecular flexibility index (Phi) is 6.20. The van der Waals surface area contributed by atoms with Gasteiger partial charge in [-0.15, -0.1) is 0 Å². The van der Waals surface area contributed by atoms with Crippen molar-refractivity contribution >= 4 is 5.95 Å². The van der Waals surface area contributed by atoms with Crippen molar-refractivity contribution in [3.63, 3.8) is 0 Å². The van der Waals surface area contributed by atoms with Crippen molar-refractivity contribution in [1.82, 2.24) is 14.9 Å². The van der Waals surface area contributed by atoms with Crippen LogP contribution in [0, 0.1) is 6.92 Å². The molecule has 1 N–H and O–H groups in total. The van der Waals surface area contributed by atoms with Gasteiger partial charge in [0, 0.05) is 31.4 Å². The molecular weight excluding hydrogens is 268 g/mol. The summed E-state index contributed by atoms with van der Waals surface area (Å²) in [6.07, 6.45) is 1.19. The number of hydrogen-bond donors (Lipinski definition) is 1. The molecule has 1 fully saturated rings. The van der Waals surface area contributed by atoms with E-state index < -0.39 is 0 Å². The number of anilines is 1. The zero-order valence-electron chi connectivity index (χ0n) is 13.3. The predicted molar refractivity (Wildman–Crippen MR) is 82.9 cm³/mol. The van der Waals surface area contributed by atoms with Crippen molar-refractivity contribution < 1.29 is 9.47 Å². The first kappa shape index (κ1) is 16.0. The quantitative estimate of drug-likeness (QED) is 0.773. The monoisotopic (exact) mass is 294 g/mol. The largest absolute Gasteiger partial charge is 0.475 e. The second kappa shape index (κ2) is 8.14. The van der Waals surface area contributed by atoms with E-state index in [1.54, 1.807) is 0 Å². The van der Waals surface area contributed by atoms with Gasteiger partial charge >= 0.3 is 0 Å². The van der Waals surface area contributed by atoms with Gasteiger partial charge in [-0.1, -0.05) is 0 Å². The summed E-state index contributed by atoms with van der Waals surface area (Å²) in [4.78, 5) is 11.2. The van der Waals surface area contributed by atoms with Crippen molar-refractivity contribution in [3.05, 3.63) is 11.8 Å². The molecule has 0 radical (unpaired) electrons. The van der Waals surface area contributed by atoms with Crippen molar-refractivity contribution in [2.75, 3.05) is 44.7 Å². The molecule has 0 aliphatic carbocycles. The fourth-order valence-electron chi connectivity index (χ4n) is 2.25. The molecule has 2 heterocycles. The van der Waals surface area contributed by atoms with Gasteiger partial charge in [0.25, 0.3) is 0 Å². The van der Waals surface area contributed by atoms with Crippen molar-refractivity contribution in [2.24, 2.45) is 0 Å². The molecular formula is C15H26N4O2. The highest BCUT2D eigenvalue weighted by Crippen LogP contribution is 2.13. The SMILES string of the molecule is Cc1cc(OC(C)C)nc(NCCCN2CCOCC2)n1. The van der Waals surface area contributed by atoms with E-state index in [0.29, 0.717) is 11.8 Å². The van der Waals surface area contributed by atoms with Gasteiger partial charge in [0.15, 0.2) is 0 Å². The van der Waals surface area contributed by atoms with Gasteiger partial charge in [-0.25, -0.2) is 4.98 Å². The molecule has 6 heteroatoms. The number of hydrogen-bond acceptors (Lipinski definition) is 6. The van der Waals surface area contributed by atoms with Gasteiger partial charge in [-0.05, 0) is 33.7 Å². The second-order valence-corrected chi connectivity index (χ2v) is 5.57. The molecule has 1 aromatic rings. The van der Waals surface area contributed by atoms with E-state index in [1.807, 2.05) is 26.8 Å². The van der Waals surface area contributed by atoms with Crippen LogP contribution in [0.4, 0.5) is 5.95 Å². The first-order valence-corrected chi connectivity index (χ1v) is 7.70. The van der Waals surface area contributed by atoms with E-state index in [1.165, 1.54) is 0 Å². The van der Waals surface area contributed by atoms with Crippen LogP contribution in [0.3, 0.4) is 0 Å². The predicted octanol–water partition coefficient (Wildman–Crippen LogP) is 1.71. The molecule has 1 aliphatic rings. The molecule has 1 aromatic heterocycles. The maximum atomic E-state index is 5.62. The van der Waals surface area contributed by atoms with Gasteiger partial charge in [0.1, 0.15) is 0 Å². The van der Waals surface area contributed by atoms with E-state index in [0.717, 1.165) is 51.5 Å². The van der Waals surface area contributed by atoms with Gasteiger partial charge in [0.05, 0.1) is 19.3 Å². The molecule has 0 saturated carbocycles. The zero-order chi connectivity index (χ0) is 15.1. The highest BCUT2D eigenvalue weighted by Gasteiger charge is 2.09. The molecule has 118 valence electrons. The summed E-state index contributed by atoms with van der Waals surface area (Å²) in [5.41, 5.74) is 0.913. The van der Waals surface area contributed by atoms with E-state index in [4.69, 9.17) is 9.47 Å². The summed E-state index contributed by atoms with van der Waals surface area (Å²) in [6, 6.07) is 1.86. The van der Waals surface area contributed by atoms with Crippen LogP contribution in [0.25, 0.3) is 0 Å². The minimum absolute atomic E-state index is 0.119. The Morgan fingerprint density at radius 1 is 1.33 bits per heavy atom. The molecule has 0 spiro atoms. The fraction of sp³-hybridized carbons (Fsp3) is 0.733. The standard InChI is InChI=1S/C15H26N4O2/c1-12(2)21-14-11-13(3)17-15(18-14)16-5-4-6-19-7-9-20-10-8-19/h11-12H,4-10H2,1-3H3,(H,16,17,18). The van der Waals surface area contributed by atoms with Crippen LogP contribution in [0.1, 0.15) is 26.0 Å². The molecule has 0 bridgehead atoms. The lowest BCUT2D eigenvalue weighted by Crippen LogP contribution is -2.37. The van der Waals surface area contributed by atoms with E-state index in [2.05, 4.69) is 20.2 Å². The smallest absolute Gasteiger partial charge is 0.226 e. The zero-order valence-corrected chi connectivity index (χ0v) is 13.3. The number of rotatable bonds is 7. The van der Waals surface area contributed by atoms with Crippen LogP contribution >= 0.6 is 0 Å². The lowest BCUT2D eigenvalue weighted by Gasteiger charge is -2.26. The molecule has 1 saturated heterocycles. The number of nitrogens with one attached hydrogen (secondary N) is 1. The number of aryl methyl sites for hydroxylation is 1. The van der Waals surface area contributed by atoms with Crippen LogP contribution in [0.5, 0.6) is 5.88 Å². The van der Waals surface area contributed by atoms with Crippen molar-refractivity contribution in [1.29, 1.82) is 0 Å². The Labute approximate surface area is 126 Å². The Balaban J connectivity index is 1.75. The fourth-order valence-corrected chi connectivity index (χ4v) is 2.25. The highest BCUT2D eigenvalue weighted by atomic mass is 16.5. The molecule has 2 rings (SSSR count). The number of nitrogens with zero attached hydrogens (tertiary/aromatic N) is 3. The first-order chi connectivity index (χ1) is 10.1. The third-order valence-corrected chi connectivity index (χ3v) is 3.23. The van der Waals surface area contributed by atoms with Gasteiger partial charge in [-0.3, -0.25) is 4.90 Å². The van der Waals surface area contributed by atoms with E-state index >= 15 is 0 Å². The van der Waals surface area contributed by atoms with Crippen LogP contribution in [0.2, 0.25) is 0 Å². The molecule has 1 aliphatic heterocycles. The average molecular weight is 294 g/mol. The van der Waals surface area contributed by atoms with Gasteiger partial charge < -0.3 is 14.8 Å². The first-order valence-electron chi connectivity index (χ1n) is 7.70. The summed E-state index contributed by atoms with van der Waals surface area (Å²) in [7, 11) is 0. The highest BCUT2D eigenvalue weighted by molar-refractivity contribution is 5.30. The second-order valence-electron chi connectivity index (χ2n) is 5.57. The lowest BCUT2D eigenvalue weighted by molar-refractivity contribution is 0.0378. The Morgan fingerprint density at radius 2 is 2.10 bits per heavy atom. The third-order valence-electron chi connectivity index (χ3n) is 3.23. The lowest BCUT2D eigenvalue weighted by atomic mass is 10.3. The van der Waals surface area contributed by atoms with Crippen molar-refractivity contribution in [2.45, 2.75) is 33.3 Å². The Hall–Kier alpha value is -1.40. The summed E-state index contributed by atoms with van der Waals surface area (Å²) >= 11 is 0. The van der Waals surface area contributed by atoms with Gasteiger partial charge in [-0.2, -0.15) is 4.98 Å². The maximum absolute atomic E-state index is 5.62. The van der Waals surface area contributed by atoms with E-state index in [-0.39, 0.29) is 6.10 Å². The van der Waals surface area contributed by atoms with Gasteiger partial charge in [0.2, 0.25) is 11.8 Å². The molecule has 6 nitrogen and oxygen atoms in total. The van der Waals surface area contributed by atoms with Crippen LogP contribution in [-0.4, -0.2) is 60.4 Å². The topological polar surface area (TPSA) is 59.5 Å².